The molecular weight excluding hydrogens is 481 g/mol. The fourth-order valence-electron chi connectivity index (χ4n) is 14.0. The molecule has 1 heterocycles. The summed E-state index contributed by atoms with van der Waals surface area (Å²) in [6, 6.07) is 0. The predicted octanol–water partition coefficient (Wildman–Crippen LogP) is 10.7. The lowest BCUT2D eigenvalue weighted by Gasteiger charge is -2.51. The van der Waals surface area contributed by atoms with E-state index >= 15 is 0 Å². The molecule has 0 spiro atoms. The van der Waals surface area contributed by atoms with Crippen LogP contribution in [-0.4, -0.2) is 18.6 Å². The molecule has 0 radical (unpaired) electrons. The molecule has 6 aliphatic carbocycles. The molecule has 0 nitrogen and oxygen atoms in total. The van der Waals surface area contributed by atoms with Gasteiger partial charge in [-0.25, -0.2) is 0 Å². The van der Waals surface area contributed by atoms with Crippen molar-refractivity contribution in [2.75, 3.05) is 0 Å². The lowest BCUT2D eigenvalue weighted by atomic mass is 9.57. The molecule has 0 bridgehead atoms. The van der Waals surface area contributed by atoms with Gasteiger partial charge in [-0.2, -0.15) is 11.8 Å². The minimum absolute atomic E-state index is 0.985. The third-order valence-electron chi connectivity index (χ3n) is 15.1. The number of rotatable bonds is 3. The molecule has 0 N–H and O–H groups in total. The molecule has 0 aromatic rings. The van der Waals surface area contributed by atoms with Gasteiger partial charge >= 0.3 is 0 Å². The van der Waals surface area contributed by atoms with E-state index in [0.29, 0.717) is 0 Å². The van der Waals surface area contributed by atoms with Gasteiger partial charge in [0.05, 0.1) is 8.07 Å². The molecule has 37 heavy (non-hydrogen) atoms. The van der Waals surface area contributed by atoms with Crippen molar-refractivity contribution in [1.29, 1.82) is 0 Å². The highest BCUT2D eigenvalue weighted by atomic mass is 32.2. The van der Waals surface area contributed by atoms with Crippen molar-refractivity contribution in [2.45, 2.75) is 152 Å². The molecule has 1 aliphatic heterocycles. The maximum Gasteiger partial charge on any atom is 0.0555 e. The van der Waals surface area contributed by atoms with Crippen LogP contribution in [0.1, 0.15) is 117 Å². The Morgan fingerprint density at radius 3 is 1.95 bits per heavy atom. The van der Waals surface area contributed by atoms with E-state index in [0.717, 1.165) is 86.7 Å². The zero-order chi connectivity index (χ0) is 25.5. The molecule has 0 amide bonds. The van der Waals surface area contributed by atoms with E-state index in [1.54, 1.807) is 83.5 Å². The molecular formula is C35H60SSi. The third-order valence-corrected chi connectivity index (χ3v) is 22.5. The minimum atomic E-state index is -1.40. The largest absolute Gasteiger partial charge is 0.155 e. The molecule has 6 saturated carbocycles. The van der Waals surface area contributed by atoms with Gasteiger partial charge in [-0.05, 0) is 115 Å². The van der Waals surface area contributed by atoms with Crippen LogP contribution in [-0.2, 0) is 0 Å². The molecule has 7 rings (SSSR count). The molecule has 0 aromatic carbocycles. The molecule has 2 heteroatoms. The molecule has 1 saturated heterocycles. The summed E-state index contributed by atoms with van der Waals surface area (Å²) in [5.41, 5.74) is 2.21. The van der Waals surface area contributed by atoms with E-state index in [-0.39, 0.29) is 0 Å². The van der Waals surface area contributed by atoms with Gasteiger partial charge in [0.1, 0.15) is 0 Å². The minimum Gasteiger partial charge on any atom is -0.155 e. The maximum atomic E-state index is 2.96. The van der Waals surface area contributed by atoms with Crippen LogP contribution in [0.15, 0.2) is 0 Å². The highest BCUT2D eigenvalue weighted by Gasteiger charge is 2.64. The zero-order valence-corrected chi connectivity index (χ0v) is 27.0. The van der Waals surface area contributed by atoms with Gasteiger partial charge in [0.15, 0.2) is 0 Å². The summed E-state index contributed by atoms with van der Waals surface area (Å²) in [7, 11) is -1.40. The first-order valence-electron chi connectivity index (χ1n) is 17.5. The average Bonchev–Trinajstić information content (AvgIpc) is 3.52. The molecule has 0 aromatic heterocycles. The van der Waals surface area contributed by atoms with Crippen LogP contribution in [0.2, 0.25) is 24.2 Å². The van der Waals surface area contributed by atoms with Crippen molar-refractivity contribution in [3.8, 4) is 0 Å². The Bertz CT molecular complexity index is 820. The number of hydrogen-bond donors (Lipinski definition) is 0. The Labute approximate surface area is 236 Å². The Kier molecular flexibility index (Phi) is 7.25. The third kappa shape index (κ3) is 4.15. The first-order valence-corrected chi connectivity index (χ1v) is 21.6. The van der Waals surface area contributed by atoms with Crippen molar-refractivity contribution in [3.05, 3.63) is 0 Å². The van der Waals surface area contributed by atoms with Crippen molar-refractivity contribution in [2.24, 2.45) is 65.1 Å². The van der Waals surface area contributed by atoms with Gasteiger partial charge in [0.25, 0.3) is 0 Å². The highest BCUT2D eigenvalue weighted by molar-refractivity contribution is 8.01. The first-order chi connectivity index (χ1) is 17.9. The van der Waals surface area contributed by atoms with E-state index in [1.165, 1.54) is 12.8 Å². The lowest BCUT2D eigenvalue weighted by molar-refractivity contribution is 0.0126. The molecule has 15 unspecified atom stereocenters. The maximum absolute atomic E-state index is 2.96. The second kappa shape index (κ2) is 10.1. The van der Waals surface area contributed by atoms with Crippen molar-refractivity contribution in [3.63, 3.8) is 0 Å². The van der Waals surface area contributed by atoms with Crippen LogP contribution in [0.3, 0.4) is 0 Å². The van der Waals surface area contributed by atoms with Crippen LogP contribution in [0.5, 0.6) is 0 Å². The van der Waals surface area contributed by atoms with Crippen molar-refractivity contribution < 1.29 is 0 Å². The fourth-order valence-corrected chi connectivity index (χ4v) is 23.9. The number of fused-ring (bicyclic) bond motifs is 5. The predicted molar refractivity (Wildman–Crippen MR) is 165 cm³/mol. The summed E-state index contributed by atoms with van der Waals surface area (Å²) < 4.78 is 0. The first kappa shape index (κ1) is 26.5. The SMILES string of the molecule is CC1CC2C(C3CCCC4CCCCC43)CCCC2C1[Si](C)(C)C1C(C)C(C)C2C3CCCCC3SC21. The summed E-state index contributed by atoms with van der Waals surface area (Å²) in [5.74, 6) is 11.8. The average molecular weight is 541 g/mol. The second-order valence-corrected chi connectivity index (χ2v) is 23.1. The summed E-state index contributed by atoms with van der Waals surface area (Å²) in [6.07, 6.45) is 23.6. The molecule has 7 aliphatic rings. The topological polar surface area (TPSA) is 0 Å². The summed E-state index contributed by atoms with van der Waals surface area (Å²) in [5, 5.41) is 2.07. The summed E-state index contributed by atoms with van der Waals surface area (Å²) in [6.45, 7) is 14.1. The van der Waals surface area contributed by atoms with E-state index in [2.05, 4.69) is 45.6 Å². The Morgan fingerprint density at radius 2 is 1.14 bits per heavy atom. The van der Waals surface area contributed by atoms with Gasteiger partial charge < -0.3 is 0 Å². The Balaban J connectivity index is 1.15. The summed E-state index contributed by atoms with van der Waals surface area (Å²) in [4.78, 5) is 0. The second-order valence-electron chi connectivity index (χ2n) is 16.7. The van der Waals surface area contributed by atoms with Crippen LogP contribution < -0.4 is 0 Å². The van der Waals surface area contributed by atoms with Gasteiger partial charge in [-0.1, -0.05) is 91.7 Å². The van der Waals surface area contributed by atoms with Crippen molar-refractivity contribution in [1.82, 2.24) is 0 Å². The van der Waals surface area contributed by atoms with E-state index < -0.39 is 8.07 Å². The number of hydrogen-bond acceptors (Lipinski definition) is 1. The van der Waals surface area contributed by atoms with Crippen LogP contribution in [0.4, 0.5) is 0 Å². The smallest absolute Gasteiger partial charge is 0.0555 e. The Morgan fingerprint density at radius 1 is 0.541 bits per heavy atom. The van der Waals surface area contributed by atoms with Gasteiger partial charge in [-0.15, -0.1) is 0 Å². The lowest BCUT2D eigenvalue weighted by Crippen LogP contribution is -2.48. The fraction of sp³-hybridized carbons (Fsp3) is 1.00. The van der Waals surface area contributed by atoms with E-state index in [9.17, 15) is 0 Å². The van der Waals surface area contributed by atoms with Crippen LogP contribution in [0, 0.1) is 65.1 Å². The van der Waals surface area contributed by atoms with Crippen molar-refractivity contribution >= 4 is 19.8 Å². The van der Waals surface area contributed by atoms with E-state index in [4.69, 9.17) is 0 Å². The molecule has 15 atom stereocenters. The standard InChI is InChI=1S/C35H60SSi/c1-21-20-30-27(26-16-10-13-24-12-6-7-14-25(24)26)17-11-18-28(30)34(21)37(4,5)35-23(3)22(2)32-29-15-8-9-19-31(29)36-33(32)35/h21-35H,6-20H2,1-5H3. The molecule has 7 fully saturated rings. The summed E-state index contributed by atoms with van der Waals surface area (Å²) >= 11 is 2.57. The Hall–Kier alpha value is 0.567. The normalized spacial score (nSPS) is 55.9. The highest BCUT2D eigenvalue weighted by Crippen LogP contribution is 2.70. The van der Waals surface area contributed by atoms with Gasteiger partial charge in [0.2, 0.25) is 0 Å². The zero-order valence-electron chi connectivity index (χ0n) is 25.2. The molecule has 210 valence electrons. The van der Waals surface area contributed by atoms with E-state index in [1.807, 2.05) is 0 Å². The van der Waals surface area contributed by atoms with Crippen LogP contribution >= 0.6 is 11.8 Å². The monoisotopic (exact) mass is 540 g/mol. The van der Waals surface area contributed by atoms with Gasteiger partial charge in [0, 0.05) is 10.5 Å². The van der Waals surface area contributed by atoms with Gasteiger partial charge in [-0.3, -0.25) is 0 Å². The quantitative estimate of drug-likeness (QED) is 0.321. The van der Waals surface area contributed by atoms with Crippen LogP contribution in [0.25, 0.3) is 0 Å². The number of thioether (sulfide) groups is 1.